The van der Waals surface area contributed by atoms with Gasteiger partial charge in [-0.15, -0.1) is 0 Å². The van der Waals surface area contributed by atoms with Crippen LogP contribution in [0.25, 0.3) is 0 Å². The van der Waals surface area contributed by atoms with Gasteiger partial charge in [-0.25, -0.2) is 4.98 Å². The summed E-state index contributed by atoms with van der Waals surface area (Å²) in [6.45, 7) is 2.80. The topological polar surface area (TPSA) is 47.8 Å². The third kappa shape index (κ3) is 2.36. The van der Waals surface area contributed by atoms with Crippen molar-refractivity contribution in [1.82, 2.24) is 14.5 Å². The molecule has 0 spiro atoms. The molecule has 0 aliphatic rings. The monoisotopic (exact) mass is 249 g/mol. The van der Waals surface area contributed by atoms with E-state index < -0.39 is 0 Å². The van der Waals surface area contributed by atoms with E-state index in [1.807, 2.05) is 11.5 Å². The molecule has 0 N–H and O–H groups in total. The quantitative estimate of drug-likeness (QED) is 0.783. The number of hydrogen-bond donors (Lipinski definition) is 0. The summed E-state index contributed by atoms with van der Waals surface area (Å²) >= 11 is 5.95. The van der Waals surface area contributed by atoms with Crippen LogP contribution in [0.5, 0.6) is 0 Å². The predicted molar refractivity (Wildman–Crippen MR) is 65.2 cm³/mol. The molecule has 0 fully saturated rings. The third-order valence-electron chi connectivity index (χ3n) is 2.36. The molecule has 2 aromatic rings. The Hall–Kier alpha value is -1.68. The number of rotatable bonds is 4. The molecule has 2 rings (SSSR count). The molecule has 17 heavy (non-hydrogen) atoms. The van der Waals surface area contributed by atoms with Gasteiger partial charge in [-0.3, -0.25) is 9.78 Å². The first-order valence-corrected chi connectivity index (χ1v) is 5.78. The second kappa shape index (κ2) is 5.10. The molecule has 0 atom stereocenters. The highest BCUT2D eigenvalue weighted by Gasteiger charge is 2.18. The van der Waals surface area contributed by atoms with E-state index in [9.17, 15) is 4.79 Å². The van der Waals surface area contributed by atoms with Crippen molar-refractivity contribution in [1.29, 1.82) is 0 Å². The molecule has 4 nitrogen and oxygen atoms in total. The average Bonchev–Trinajstić information content (AvgIpc) is 2.78. The van der Waals surface area contributed by atoms with E-state index in [0.717, 1.165) is 13.0 Å². The number of carbonyl (C=O) groups excluding carboxylic acids is 1. The van der Waals surface area contributed by atoms with E-state index in [0.29, 0.717) is 10.8 Å². The summed E-state index contributed by atoms with van der Waals surface area (Å²) in [6, 6.07) is 3.34. The molecule has 0 bridgehead atoms. The highest BCUT2D eigenvalue weighted by molar-refractivity contribution is 6.34. The van der Waals surface area contributed by atoms with E-state index in [-0.39, 0.29) is 11.5 Å². The molecule has 0 unspecified atom stereocenters. The molecule has 0 saturated heterocycles. The third-order valence-corrected chi connectivity index (χ3v) is 2.66. The van der Waals surface area contributed by atoms with Gasteiger partial charge in [0.2, 0.25) is 5.78 Å². The Morgan fingerprint density at radius 1 is 1.41 bits per heavy atom. The number of aryl methyl sites for hydroxylation is 1. The summed E-state index contributed by atoms with van der Waals surface area (Å²) in [7, 11) is 0. The normalized spacial score (nSPS) is 10.5. The molecule has 0 aromatic carbocycles. The van der Waals surface area contributed by atoms with Crippen molar-refractivity contribution < 1.29 is 4.79 Å². The Morgan fingerprint density at radius 2 is 2.24 bits per heavy atom. The van der Waals surface area contributed by atoms with Gasteiger partial charge >= 0.3 is 0 Å². The van der Waals surface area contributed by atoms with E-state index >= 15 is 0 Å². The first kappa shape index (κ1) is 11.8. The Morgan fingerprint density at radius 3 is 2.94 bits per heavy atom. The van der Waals surface area contributed by atoms with Gasteiger partial charge in [0.1, 0.15) is 5.69 Å². The number of imidazole rings is 1. The van der Waals surface area contributed by atoms with Crippen LogP contribution in [0.3, 0.4) is 0 Å². The number of aromatic nitrogens is 3. The van der Waals surface area contributed by atoms with E-state index in [4.69, 9.17) is 11.6 Å². The second-order valence-electron chi connectivity index (χ2n) is 3.61. The van der Waals surface area contributed by atoms with Gasteiger partial charge in [0.05, 0.1) is 5.02 Å². The van der Waals surface area contributed by atoms with Crippen molar-refractivity contribution in [3.05, 3.63) is 47.3 Å². The lowest BCUT2D eigenvalue weighted by molar-refractivity contribution is 0.102. The number of ketones is 1. The van der Waals surface area contributed by atoms with Gasteiger partial charge in [-0.05, 0) is 18.6 Å². The van der Waals surface area contributed by atoms with Crippen LogP contribution in [0, 0.1) is 0 Å². The van der Waals surface area contributed by atoms with Gasteiger partial charge in [-0.1, -0.05) is 18.5 Å². The molecule has 5 heteroatoms. The van der Waals surface area contributed by atoms with Crippen LogP contribution < -0.4 is 0 Å². The first-order chi connectivity index (χ1) is 8.24. The van der Waals surface area contributed by atoms with Crippen molar-refractivity contribution in [2.75, 3.05) is 0 Å². The standard InChI is InChI=1S/C12H12ClN3O/c1-2-7-16-8-6-15-12(16)11(17)10-9(13)4-3-5-14-10/h3-6,8H,2,7H2,1H3. The van der Waals surface area contributed by atoms with Crippen LogP contribution in [-0.4, -0.2) is 20.3 Å². The molecule has 0 radical (unpaired) electrons. The molecule has 0 aliphatic heterocycles. The molecule has 2 aromatic heterocycles. The predicted octanol–water partition coefficient (Wildman–Crippen LogP) is 2.57. The van der Waals surface area contributed by atoms with E-state index in [1.54, 1.807) is 30.7 Å². The van der Waals surface area contributed by atoms with Gasteiger partial charge in [-0.2, -0.15) is 0 Å². The van der Waals surface area contributed by atoms with Crippen LogP contribution in [-0.2, 0) is 6.54 Å². The van der Waals surface area contributed by atoms with Gasteiger partial charge in [0.25, 0.3) is 0 Å². The van der Waals surface area contributed by atoms with Crippen molar-refractivity contribution in [2.45, 2.75) is 19.9 Å². The van der Waals surface area contributed by atoms with Gasteiger partial charge in [0, 0.05) is 25.1 Å². The smallest absolute Gasteiger partial charge is 0.248 e. The zero-order valence-electron chi connectivity index (χ0n) is 9.43. The van der Waals surface area contributed by atoms with Crippen LogP contribution in [0.1, 0.15) is 29.7 Å². The first-order valence-electron chi connectivity index (χ1n) is 5.40. The van der Waals surface area contributed by atoms with E-state index in [2.05, 4.69) is 9.97 Å². The maximum absolute atomic E-state index is 12.2. The molecule has 0 amide bonds. The fourth-order valence-electron chi connectivity index (χ4n) is 1.60. The fraction of sp³-hybridized carbons (Fsp3) is 0.250. The summed E-state index contributed by atoms with van der Waals surface area (Å²) in [5.41, 5.74) is 0.248. The number of carbonyl (C=O) groups is 1. The van der Waals surface area contributed by atoms with Crippen molar-refractivity contribution in [3.8, 4) is 0 Å². The summed E-state index contributed by atoms with van der Waals surface area (Å²) in [5, 5.41) is 0.351. The minimum atomic E-state index is -0.242. The Kier molecular flexibility index (Phi) is 3.54. The van der Waals surface area contributed by atoms with Gasteiger partial charge in [0.15, 0.2) is 5.82 Å². The molecular formula is C12H12ClN3O. The maximum atomic E-state index is 12.2. The van der Waals surface area contributed by atoms with Crippen molar-refractivity contribution in [3.63, 3.8) is 0 Å². The number of pyridine rings is 1. The highest BCUT2D eigenvalue weighted by Crippen LogP contribution is 2.16. The SMILES string of the molecule is CCCn1ccnc1C(=O)c1ncccc1Cl. The minimum absolute atomic E-state index is 0.242. The Balaban J connectivity index is 2.37. The Labute approximate surface area is 104 Å². The zero-order valence-corrected chi connectivity index (χ0v) is 10.2. The number of nitrogens with zero attached hydrogens (tertiary/aromatic N) is 3. The maximum Gasteiger partial charge on any atom is 0.248 e. The van der Waals surface area contributed by atoms with Gasteiger partial charge < -0.3 is 4.57 Å². The average molecular weight is 250 g/mol. The summed E-state index contributed by atoms with van der Waals surface area (Å²) in [5.74, 6) is 0.140. The fourth-order valence-corrected chi connectivity index (χ4v) is 1.81. The molecule has 0 aliphatic carbocycles. The second-order valence-corrected chi connectivity index (χ2v) is 4.01. The molecule has 88 valence electrons. The van der Waals surface area contributed by atoms with Crippen molar-refractivity contribution >= 4 is 17.4 Å². The van der Waals surface area contributed by atoms with Crippen LogP contribution in [0.4, 0.5) is 0 Å². The van der Waals surface area contributed by atoms with Crippen LogP contribution >= 0.6 is 11.6 Å². The summed E-state index contributed by atoms with van der Waals surface area (Å²) in [6.07, 6.45) is 5.88. The molecular weight excluding hydrogens is 238 g/mol. The minimum Gasteiger partial charge on any atom is -0.328 e. The zero-order chi connectivity index (χ0) is 12.3. The largest absolute Gasteiger partial charge is 0.328 e. The van der Waals surface area contributed by atoms with Crippen molar-refractivity contribution in [2.24, 2.45) is 0 Å². The van der Waals surface area contributed by atoms with Crippen LogP contribution in [0.2, 0.25) is 5.02 Å². The lowest BCUT2D eigenvalue weighted by Crippen LogP contribution is -2.13. The Bertz CT molecular complexity index is 536. The number of hydrogen-bond acceptors (Lipinski definition) is 3. The lowest BCUT2D eigenvalue weighted by atomic mass is 10.2. The molecule has 2 heterocycles. The molecule has 0 saturated carbocycles. The highest BCUT2D eigenvalue weighted by atomic mass is 35.5. The van der Waals surface area contributed by atoms with E-state index in [1.165, 1.54) is 0 Å². The number of halogens is 1. The summed E-state index contributed by atoms with van der Waals surface area (Å²) in [4.78, 5) is 20.3. The summed E-state index contributed by atoms with van der Waals surface area (Å²) < 4.78 is 1.81. The lowest BCUT2D eigenvalue weighted by Gasteiger charge is -2.05. The van der Waals surface area contributed by atoms with Crippen LogP contribution in [0.15, 0.2) is 30.7 Å².